The van der Waals surface area contributed by atoms with Crippen LogP contribution in [-0.2, 0) is 6.54 Å². The second-order valence-corrected chi connectivity index (χ2v) is 5.14. The van der Waals surface area contributed by atoms with Crippen LogP contribution < -0.4 is 5.32 Å². The van der Waals surface area contributed by atoms with Crippen molar-refractivity contribution in [1.82, 2.24) is 5.32 Å². The lowest BCUT2D eigenvalue weighted by atomic mass is 10.1. The van der Waals surface area contributed by atoms with Crippen LogP contribution in [0.5, 0.6) is 0 Å². The van der Waals surface area contributed by atoms with Gasteiger partial charge < -0.3 is 10.4 Å². The van der Waals surface area contributed by atoms with Gasteiger partial charge >= 0.3 is 0 Å². The summed E-state index contributed by atoms with van der Waals surface area (Å²) in [6, 6.07) is 12.4. The highest BCUT2D eigenvalue weighted by Crippen LogP contribution is 2.15. The molecule has 1 aromatic carbocycles. The Morgan fingerprint density at radius 2 is 2.00 bits per heavy atom. The summed E-state index contributed by atoms with van der Waals surface area (Å²) in [6.07, 6.45) is 0. The van der Waals surface area contributed by atoms with Gasteiger partial charge in [-0.3, -0.25) is 0 Å². The van der Waals surface area contributed by atoms with Crippen LogP contribution in [0.1, 0.15) is 22.0 Å². The van der Waals surface area contributed by atoms with Gasteiger partial charge in [0.15, 0.2) is 0 Å². The fourth-order valence-electron chi connectivity index (χ4n) is 1.72. The van der Waals surface area contributed by atoms with Crippen LogP contribution in [-0.4, -0.2) is 11.7 Å². The molecule has 90 valence electrons. The minimum absolute atomic E-state index is 0.0118. The van der Waals surface area contributed by atoms with E-state index in [9.17, 15) is 5.11 Å². The largest absolute Gasteiger partial charge is 0.394 e. The summed E-state index contributed by atoms with van der Waals surface area (Å²) in [4.78, 5) is 1.29. The molecule has 0 bridgehead atoms. The van der Waals surface area contributed by atoms with Gasteiger partial charge in [-0.1, -0.05) is 35.9 Å². The van der Waals surface area contributed by atoms with E-state index in [-0.39, 0.29) is 12.6 Å². The first-order valence-corrected chi connectivity index (χ1v) is 6.61. The Hall–Kier alpha value is -1.16. The fourth-order valence-corrected chi connectivity index (χ4v) is 2.38. The molecule has 1 atom stereocenters. The zero-order chi connectivity index (χ0) is 12.1. The lowest BCUT2D eigenvalue weighted by molar-refractivity contribution is 0.244. The molecule has 1 heterocycles. The second-order valence-electron chi connectivity index (χ2n) is 4.11. The topological polar surface area (TPSA) is 32.3 Å². The Kier molecular flexibility index (Phi) is 4.31. The third-order valence-electron chi connectivity index (χ3n) is 2.77. The molecule has 1 unspecified atom stereocenters. The van der Waals surface area contributed by atoms with E-state index < -0.39 is 0 Å². The Balaban J connectivity index is 1.99. The first-order chi connectivity index (χ1) is 8.29. The van der Waals surface area contributed by atoms with Crippen molar-refractivity contribution in [3.05, 3.63) is 57.8 Å². The summed E-state index contributed by atoms with van der Waals surface area (Å²) < 4.78 is 0. The van der Waals surface area contributed by atoms with Gasteiger partial charge in [-0.2, -0.15) is 0 Å². The number of aliphatic hydroxyl groups is 1. The van der Waals surface area contributed by atoms with Crippen molar-refractivity contribution in [3.63, 3.8) is 0 Å². The molecule has 2 aromatic rings. The van der Waals surface area contributed by atoms with Gasteiger partial charge in [-0.25, -0.2) is 0 Å². The zero-order valence-electron chi connectivity index (χ0n) is 9.89. The van der Waals surface area contributed by atoms with Gasteiger partial charge in [0.1, 0.15) is 0 Å². The van der Waals surface area contributed by atoms with Crippen molar-refractivity contribution in [2.75, 3.05) is 6.61 Å². The summed E-state index contributed by atoms with van der Waals surface area (Å²) >= 11 is 1.73. The van der Waals surface area contributed by atoms with Crippen molar-refractivity contribution < 1.29 is 5.11 Å². The molecular formula is C14H17NOS. The Labute approximate surface area is 106 Å². The van der Waals surface area contributed by atoms with E-state index in [1.54, 1.807) is 11.3 Å². The van der Waals surface area contributed by atoms with Crippen LogP contribution in [0, 0.1) is 6.92 Å². The molecule has 0 aliphatic heterocycles. The zero-order valence-corrected chi connectivity index (χ0v) is 10.7. The molecule has 0 saturated heterocycles. The van der Waals surface area contributed by atoms with E-state index in [0.29, 0.717) is 0 Å². The summed E-state index contributed by atoms with van der Waals surface area (Å²) in [7, 11) is 0. The third kappa shape index (κ3) is 3.40. The van der Waals surface area contributed by atoms with Gasteiger partial charge in [-0.15, -0.1) is 11.3 Å². The van der Waals surface area contributed by atoms with E-state index in [2.05, 4.69) is 48.0 Å². The van der Waals surface area contributed by atoms with Crippen LogP contribution in [0.2, 0.25) is 0 Å². The minimum atomic E-state index is 0.0118. The van der Waals surface area contributed by atoms with Crippen molar-refractivity contribution in [2.45, 2.75) is 19.5 Å². The predicted molar refractivity (Wildman–Crippen MR) is 72.2 cm³/mol. The van der Waals surface area contributed by atoms with Gasteiger partial charge in [0, 0.05) is 11.4 Å². The Bertz CT molecular complexity index is 436. The van der Waals surface area contributed by atoms with Gasteiger partial charge in [0.2, 0.25) is 0 Å². The number of benzene rings is 1. The molecule has 0 aliphatic rings. The molecule has 3 heteroatoms. The standard InChI is InChI=1S/C14H17NOS/c1-11-4-6-12(7-5-11)14(10-16)15-9-13-3-2-8-17-13/h2-8,14-16H,9-10H2,1H3. The number of hydrogen-bond donors (Lipinski definition) is 2. The highest BCUT2D eigenvalue weighted by molar-refractivity contribution is 7.09. The molecule has 0 spiro atoms. The minimum Gasteiger partial charge on any atom is -0.394 e. The summed E-state index contributed by atoms with van der Waals surface area (Å²) in [5, 5.41) is 14.9. The monoisotopic (exact) mass is 247 g/mol. The lowest BCUT2D eigenvalue weighted by Crippen LogP contribution is -2.23. The molecular weight excluding hydrogens is 230 g/mol. The van der Waals surface area contributed by atoms with E-state index in [1.165, 1.54) is 10.4 Å². The quantitative estimate of drug-likeness (QED) is 0.851. The third-order valence-corrected chi connectivity index (χ3v) is 3.64. The average molecular weight is 247 g/mol. The van der Waals surface area contributed by atoms with E-state index >= 15 is 0 Å². The van der Waals surface area contributed by atoms with Crippen LogP contribution in [0.3, 0.4) is 0 Å². The molecule has 1 aromatic heterocycles. The SMILES string of the molecule is Cc1ccc(C(CO)NCc2cccs2)cc1. The number of nitrogens with one attached hydrogen (secondary N) is 1. The maximum atomic E-state index is 9.42. The highest BCUT2D eigenvalue weighted by Gasteiger charge is 2.09. The van der Waals surface area contributed by atoms with Crippen molar-refractivity contribution in [3.8, 4) is 0 Å². The average Bonchev–Trinajstić information content (AvgIpc) is 2.85. The Morgan fingerprint density at radius 1 is 1.24 bits per heavy atom. The van der Waals surface area contributed by atoms with Crippen molar-refractivity contribution in [1.29, 1.82) is 0 Å². The normalized spacial score (nSPS) is 12.6. The van der Waals surface area contributed by atoms with Crippen LogP contribution >= 0.6 is 11.3 Å². The van der Waals surface area contributed by atoms with Gasteiger partial charge in [0.05, 0.1) is 12.6 Å². The van der Waals surface area contributed by atoms with E-state index in [1.807, 2.05) is 6.07 Å². The smallest absolute Gasteiger partial charge is 0.0626 e. The number of aryl methyl sites for hydroxylation is 1. The van der Waals surface area contributed by atoms with E-state index in [0.717, 1.165) is 12.1 Å². The predicted octanol–water partition coefficient (Wildman–Crippen LogP) is 2.88. The fraction of sp³-hybridized carbons (Fsp3) is 0.286. The molecule has 2 nitrogen and oxygen atoms in total. The maximum absolute atomic E-state index is 9.42. The van der Waals surface area contributed by atoms with Crippen molar-refractivity contribution in [2.24, 2.45) is 0 Å². The molecule has 0 saturated carbocycles. The second kappa shape index (κ2) is 5.96. The first kappa shape index (κ1) is 12.3. The van der Waals surface area contributed by atoms with E-state index in [4.69, 9.17) is 0 Å². The van der Waals surface area contributed by atoms with Gasteiger partial charge in [-0.05, 0) is 23.9 Å². The molecule has 0 fully saturated rings. The number of rotatable bonds is 5. The summed E-state index contributed by atoms with van der Waals surface area (Å²) in [5.74, 6) is 0. The number of hydrogen-bond acceptors (Lipinski definition) is 3. The number of thiophene rings is 1. The lowest BCUT2D eigenvalue weighted by Gasteiger charge is -2.16. The van der Waals surface area contributed by atoms with Gasteiger partial charge in [0.25, 0.3) is 0 Å². The summed E-state index contributed by atoms with van der Waals surface area (Å²) in [6.45, 7) is 2.99. The molecule has 0 aliphatic carbocycles. The highest BCUT2D eigenvalue weighted by atomic mass is 32.1. The molecule has 2 rings (SSSR count). The van der Waals surface area contributed by atoms with Crippen molar-refractivity contribution >= 4 is 11.3 Å². The summed E-state index contributed by atoms with van der Waals surface area (Å²) in [5.41, 5.74) is 2.37. The molecule has 17 heavy (non-hydrogen) atoms. The maximum Gasteiger partial charge on any atom is 0.0626 e. The molecule has 0 amide bonds. The number of aliphatic hydroxyl groups excluding tert-OH is 1. The van der Waals surface area contributed by atoms with Crippen LogP contribution in [0.25, 0.3) is 0 Å². The molecule has 0 radical (unpaired) electrons. The van der Waals surface area contributed by atoms with Crippen LogP contribution in [0.15, 0.2) is 41.8 Å². The Morgan fingerprint density at radius 3 is 2.59 bits per heavy atom. The van der Waals surface area contributed by atoms with Crippen LogP contribution in [0.4, 0.5) is 0 Å². The molecule has 2 N–H and O–H groups in total. The first-order valence-electron chi connectivity index (χ1n) is 5.73.